The van der Waals surface area contributed by atoms with E-state index in [2.05, 4.69) is 4.90 Å². The number of Topliss-reactive ketones (excluding diaryl/α,β-unsaturated/α-hetero) is 2. The van der Waals surface area contributed by atoms with Gasteiger partial charge in [-0.15, -0.1) is 0 Å². The lowest BCUT2D eigenvalue weighted by molar-refractivity contribution is -0.277. The summed E-state index contributed by atoms with van der Waals surface area (Å²) in [6.45, 7) is 16.6. The van der Waals surface area contributed by atoms with Gasteiger partial charge in [-0.05, 0) is 73.3 Å². The van der Waals surface area contributed by atoms with Crippen LogP contribution in [-0.2, 0) is 42.9 Å². The van der Waals surface area contributed by atoms with Crippen molar-refractivity contribution in [2.75, 3.05) is 14.1 Å². The third-order valence-corrected chi connectivity index (χ3v) is 10.9. The maximum absolute atomic E-state index is 14.4. The molecule has 272 valence electrons. The van der Waals surface area contributed by atoms with E-state index >= 15 is 0 Å². The fourth-order valence-electron chi connectivity index (χ4n) is 8.15. The van der Waals surface area contributed by atoms with E-state index in [0.29, 0.717) is 0 Å². The molecule has 13 nitrogen and oxygen atoms in total. The van der Waals surface area contributed by atoms with Crippen molar-refractivity contribution < 1.29 is 47.7 Å². The number of amides is 2. The van der Waals surface area contributed by atoms with Gasteiger partial charge in [0.25, 0.3) is 5.17 Å². The Balaban J connectivity index is 2.21. The molecule has 2 N–H and O–H groups in total. The van der Waals surface area contributed by atoms with Crippen LogP contribution in [0.15, 0.2) is 0 Å². The van der Waals surface area contributed by atoms with Gasteiger partial charge in [0.05, 0.1) is 12.1 Å². The van der Waals surface area contributed by atoms with Gasteiger partial charge in [-0.2, -0.15) is 0 Å². The zero-order chi connectivity index (χ0) is 36.6. The van der Waals surface area contributed by atoms with E-state index in [1.165, 1.54) is 18.7 Å². The van der Waals surface area contributed by atoms with Gasteiger partial charge < -0.3 is 34.3 Å². The number of hydrogen-bond donors (Lipinski definition) is 1. The molecule has 14 heteroatoms. The van der Waals surface area contributed by atoms with Gasteiger partial charge in [-0.25, -0.2) is 4.79 Å². The topological polar surface area (TPSA) is 164 Å². The number of carbonyl (C=O) groups is 5. The molecule has 3 aliphatic heterocycles. The van der Waals surface area contributed by atoms with E-state index in [9.17, 15) is 24.0 Å². The average molecular weight is 698 g/mol. The molecule has 0 spiro atoms. The minimum atomic E-state index is -1.64. The molecule has 48 heavy (non-hydrogen) atoms. The molecule has 0 aliphatic carbocycles. The van der Waals surface area contributed by atoms with Gasteiger partial charge in [-0.3, -0.25) is 24.1 Å². The maximum Gasteiger partial charge on any atom is 0.405 e. The van der Waals surface area contributed by atoms with Crippen LogP contribution < -0.4 is 5.73 Å². The number of ketones is 2. The predicted molar refractivity (Wildman–Crippen MR) is 179 cm³/mol. The fraction of sp³-hybridized carbons (Fsp3) is 0.824. The Labute approximate surface area is 289 Å². The number of fused-ring (bicyclic) bond motifs is 1. The lowest BCUT2D eigenvalue weighted by atomic mass is 9.73. The Kier molecular flexibility index (Phi) is 12.5. The van der Waals surface area contributed by atoms with E-state index in [4.69, 9.17) is 41.6 Å². The number of rotatable bonds is 5. The minimum absolute atomic E-state index is 0.0750. The van der Waals surface area contributed by atoms with Gasteiger partial charge in [-0.1, -0.05) is 34.6 Å². The summed E-state index contributed by atoms with van der Waals surface area (Å²) in [6.07, 6.45) is -3.39. The molecule has 3 rings (SSSR count). The molecule has 3 heterocycles. The molecule has 0 aromatic carbocycles. The summed E-state index contributed by atoms with van der Waals surface area (Å²) in [5.74, 6) is -6.24. The van der Waals surface area contributed by atoms with Crippen LogP contribution in [0, 0.1) is 29.6 Å². The predicted octanol–water partition coefficient (Wildman–Crippen LogP) is 3.63. The quantitative estimate of drug-likeness (QED) is 0.253. The molecular weight excluding hydrogens is 642 g/mol. The molecule has 3 saturated heterocycles. The normalized spacial score (nSPS) is 41.7. The highest BCUT2D eigenvalue weighted by Gasteiger charge is 2.60. The number of carbonyl (C=O) groups excluding carboxylic acids is 5. The van der Waals surface area contributed by atoms with Crippen molar-refractivity contribution in [3.05, 3.63) is 0 Å². The van der Waals surface area contributed by atoms with Crippen molar-refractivity contribution in [1.29, 1.82) is 0 Å². The Morgan fingerprint density at radius 2 is 1.65 bits per heavy atom. The molecule has 1 unspecified atom stereocenters. The summed E-state index contributed by atoms with van der Waals surface area (Å²) in [6, 6.07) is -0.870. The first-order chi connectivity index (χ1) is 22.1. The van der Waals surface area contributed by atoms with Gasteiger partial charge in [0.1, 0.15) is 29.5 Å². The van der Waals surface area contributed by atoms with Crippen LogP contribution >= 0.6 is 12.2 Å². The Hall–Kier alpha value is -2.68. The molecule has 0 saturated carbocycles. The number of nitrogens with two attached hydrogens (primary N) is 1. The second-order valence-corrected chi connectivity index (χ2v) is 15.0. The van der Waals surface area contributed by atoms with E-state index in [0.717, 1.165) is 6.42 Å². The van der Waals surface area contributed by atoms with Gasteiger partial charge in [0.2, 0.25) is 5.91 Å². The Bertz CT molecular complexity index is 1280. The summed E-state index contributed by atoms with van der Waals surface area (Å²) < 4.78 is 30.8. The highest BCUT2D eigenvalue weighted by Crippen LogP contribution is 2.43. The van der Waals surface area contributed by atoms with Crippen LogP contribution in [-0.4, -0.2) is 106 Å². The summed E-state index contributed by atoms with van der Waals surface area (Å²) in [7, 11) is 3.94. The Morgan fingerprint density at radius 3 is 2.17 bits per heavy atom. The van der Waals surface area contributed by atoms with E-state index < -0.39 is 83.2 Å². The van der Waals surface area contributed by atoms with Crippen molar-refractivity contribution in [2.24, 2.45) is 35.3 Å². The summed E-state index contributed by atoms with van der Waals surface area (Å²) in [5.41, 5.74) is 2.57. The molecular formula is C34H55N3O10S. The zero-order valence-corrected chi connectivity index (χ0v) is 31.3. The van der Waals surface area contributed by atoms with Crippen LogP contribution in [0.3, 0.4) is 0 Å². The number of esters is 1. The summed E-state index contributed by atoms with van der Waals surface area (Å²) >= 11 is 5.46. The lowest BCUT2D eigenvalue weighted by Gasteiger charge is -2.47. The minimum Gasteiger partial charge on any atom is -0.458 e. The van der Waals surface area contributed by atoms with Crippen LogP contribution in [0.1, 0.15) is 88.5 Å². The number of thiocarbonyl (C=S) groups is 1. The molecule has 0 radical (unpaired) electrons. The second kappa shape index (κ2) is 15.1. The Morgan fingerprint density at radius 1 is 1.04 bits per heavy atom. The van der Waals surface area contributed by atoms with Crippen LogP contribution in [0.25, 0.3) is 0 Å². The van der Waals surface area contributed by atoms with Crippen molar-refractivity contribution in [3.8, 4) is 0 Å². The second-order valence-electron chi connectivity index (χ2n) is 14.7. The maximum atomic E-state index is 14.4. The largest absolute Gasteiger partial charge is 0.458 e. The highest BCUT2D eigenvalue weighted by molar-refractivity contribution is 7.80. The molecule has 3 fully saturated rings. The van der Waals surface area contributed by atoms with E-state index in [1.54, 1.807) is 41.5 Å². The first-order valence-electron chi connectivity index (χ1n) is 16.9. The molecule has 3 aliphatic rings. The standard InChI is InChI=1S/C34H55N3O10S/c1-13-24-34(10)27(37(22(8)38)32(48)47-34)19(5)25(39)16(2)15-33(9,46-31(35)42)28(20(6)26(40)21(7)29(41)44-24)45-30-18(4)23(36(11)12)14-17(3)43-30/h16-21,23-24,27-28,30H,13-15H2,1-12H3,(H2,35,42)/t16-,17-,18-,19+,20+,21-,23+,24-,27-,28-,30?,33-,34-/m1/s1. The number of hydrogen-bond acceptors (Lipinski definition) is 12. The SMILES string of the molecule is CC[C@H]1OC(=O)[C@H](C)C(=O)[C@H](C)[C@@H](OC2O[C@H](C)C[C@H](N(C)C)[C@H]2C)[C@](C)(OC(N)=O)C[C@@H](C)C(=O)[C@H](C)[C@H]2N(C(C)=O)C(=S)O[C@]12C. The highest BCUT2D eigenvalue weighted by atomic mass is 32.1. The molecule has 0 aromatic heterocycles. The number of ether oxygens (including phenoxy) is 5. The fourth-order valence-corrected chi connectivity index (χ4v) is 8.57. The molecule has 2 amide bonds. The number of cyclic esters (lactones) is 1. The lowest BCUT2D eigenvalue weighted by Crippen LogP contribution is -2.60. The van der Waals surface area contributed by atoms with Crippen molar-refractivity contribution in [2.45, 2.75) is 136 Å². The zero-order valence-electron chi connectivity index (χ0n) is 30.4. The van der Waals surface area contributed by atoms with Gasteiger partial charge in [0, 0.05) is 36.6 Å². The number of primary amides is 1. The van der Waals surface area contributed by atoms with Crippen LogP contribution in [0.2, 0.25) is 0 Å². The van der Waals surface area contributed by atoms with Crippen molar-refractivity contribution in [1.82, 2.24) is 9.80 Å². The summed E-state index contributed by atoms with van der Waals surface area (Å²) in [5, 5.41) is -0.138. The van der Waals surface area contributed by atoms with Crippen molar-refractivity contribution >= 4 is 46.9 Å². The number of nitrogens with zero attached hydrogens (tertiary/aromatic N) is 2. The molecule has 0 aromatic rings. The van der Waals surface area contributed by atoms with Gasteiger partial charge in [0.15, 0.2) is 17.7 Å². The first-order valence-corrected chi connectivity index (χ1v) is 17.3. The van der Waals surface area contributed by atoms with E-state index in [1.807, 2.05) is 27.9 Å². The van der Waals surface area contributed by atoms with Gasteiger partial charge >= 0.3 is 12.1 Å². The first kappa shape index (κ1) is 39.8. The smallest absolute Gasteiger partial charge is 0.405 e. The van der Waals surface area contributed by atoms with Crippen LogP contribution in [0.5, 0.6) is 0 Å². The monoisotopic (exact) mass is 697 g/mol. The average Bonchev–Trinajstić information content (AvgIpc) is 3.27. The van der Waals surface area contributed by atoms with E-state index in [-0.39, 0.29) is 41.9 Å². The van der Waals surface area contributed by atoms with Crippen molar-refractivity contribution in [3.63, 3.8) is 0 Å². The third-order valence-electron chi connectivity index (χ3n) is 10.6. The molecule has 0 bridgehead atoms. The van der Waals surface area contributed by atoms with Crippen LogP contribution in [0.4, 0.5) is 4.79 Å². The third kappa shape index (κ3) is 7.71. The molecule has 13 atom stereocenters. The summed E-state index contributed by atoms with van der Waals surface area (Å²) in [4.78, 5) is 71.0.